The smallest absolute Gasteiger partial charge is 0.229 e. The first-order valence-electron chi connectivity index (χ1n) is 10.3. The van der Waals surface area contributed by atoms with E-state index in [4.69, 9.17) is 17.3 Å². The first-order chi connectivity index (χ1) is 15.5. The van der Waals surface area contributed by atoms with Crippen molar-refractivity contribution in [3.63, 3.8) is 0 Å². The Kier molecular flexibility index (Phi) is 5.60. The van der Waals surface area contributed by atoms with Gasteiger partial charge in [0, 0.05) is 23.5 Å². The molecular weight excluding hydrogens is 494 g/mol. The monoisotopic (exact) mass is 513 g/mol. The summed E-state index contributed by atoms with van der Waals surface area (Å²) in [4.78, 5) is 21.0. The molecule has 32 heavy (non-hydrogen) atoms. The summed E-state index contributed by atoms with van der Waals surface area (Å²) in [6.07, 6.45) is 10.4. The third-order valence-electron chi connectivity index (χ3n) is 6.01. The van der Waals surface area contributed by atoms with E-state index in [1.165, 1.54) is 0 Å². The number of fused-ring (bicyclic) bond motifs is 2. The Morgan fingerprint density at radius 3 is 2.88 bits per heavy atom. The number of rotatable bonds is 7. The van der Waals surface area contributed by atoms with Crippen molar-refractivity contribution in [2.24, 2.45) is 23.5 Å². The SMILES string of the molecule is NC(=O)[C@@H]1[C@H](Nc2nc(Nc3cnn(Cc4ccccc4Cl)c3)ncc2Br)[C@H]2C=C[C@@H]1C2. The molecule has 0 aliphatic heterocycles. The summed E-state index contributed by atoms with van der Waals surface area (Å²) >= 11 is 9.75. The first kappa shape index (κ1) is 21.0. The highest BCUT2D eigenvalue weighted by Crippen LogP contribution is 2.45. The minimum absolute atomic E-state index is 0.0834. The van der Waals surface area contributed by atoms with E-state index >= 15 is 0 Å². The Morgan fingerprint density at radius 2 is 2.06 bits per heavy atom. The molecule has 2 heterocycles. The number of nitrogens with one attached hydrogen (secondary N) is 2. The van der Waals surface area contributed by atoms with Crippen LogP contribution in [0.25, 0.3) is 0 Å². The van der Waals surface area contributed by atoms with Gasteiger partial charge in [-0.05, 0) is 45.8 Å². The highest BCUT2D eigenvalue weighted by molar-refractivity contribution is 9.10. The van der Waals surface area contributed by atoms with Gasteiger partial charge in [0.25, 0.3) is 0 Å². The average Bonchev–Trinajstić information content (AvgIpc) is 3.49. The second-order valence-electron chi connectivity index (χ2n) is 8.08. The average molecular weight is 515 g/mol. The van der Waals surface area contributed by atoms with Crippen LogP contribution in [0.4, 0.5) is 17.5 Å². The van der Waals surface area contributed by atoms with E-state index in [1.54, 1.807) is 17.1 Å². The van der Waals surface area contributed by atoms with Crippen LogP contribution in [0.15, 0.2) is 59.5 Å². The van der Waals surface area contributed by atoms with Crippen molar-refractivity contribution >= 4 is 50.9 Å². The highest BCUT2D eigenvalue weighted by atomic mass is 79.9. The van der Waals surface area contributed by atoms with Gasteiger partial charge in [-0.25, -0.2) is 4.98 Å². The fourth-order valence-corrected chi connectivity index (χ4v) is 5.04. The molecule has 0 radical (unpaired) electrons. The largest absolute Gasteiger partial charge is 0.369 e. The Labute approximate surface area is 198 Å². The van der Waals surface area contributed by atoms with E-state index < -0.39 is 0 Å². The topological polar surface area (TPSA) is 111 Å². The summed E-state index contributed by atoms with van der Waals surface area (Å²) < 4.78 is 2.51. The maximum Gasteiger partial charge on any atom is 0.229 e. The van der Waals surface area contributed by atoms with Gasteiger partial charge in [0.1, 0.15) is 5.82 Å². The Bertz CT molecular complexity index is 1200. The van der Waals surface area contributed by atoms with Gasteiger partial charge in [0.15, 0.2) is 0 Å². The molecule has 4 atom stereocenters. The van der Waals surface area contributed by atoms with E-state index in [9.17, 15) is 4.79 Å². The van der Waals surface area contributed by atoms with Gasteiger partial charge in [-0.3, -0.25) is 9.48 Å². The van der Waals surface area contributed by atoms with Crippen molar-refractivity contribution in [3.8, 4) is 0 Å². The molecule has 2 bridgehead atoms. The minimum atomic E-state index is -0.284. The van der Waals surface area contributed by atoms with Crippen LogP contribution in [0.5, 0.6) is 0 Å². The molecule has 1 fully saturated rings. The number of anilines is 3. The number of nitrogens with two attached hydrogens (primary N) is 1. The summed E-state index contributed by atoms with van der Waals surface area (Å²) in [6.45, 7) is 0.557. The number of benzene rings is 1. The molecule has 0 spiro atoms. The highest BCUT2D eigenvalue weighted by Gasteiger charge is 2.47. The number of halogens is 2. The predicted molar refractivity (Wildman–Crippen MR) is 127 cm³/mol. The molecule has 164 valence electrons. The number of amides is 1. The number of allylic oxidation sites excluding steroid dienone is 1. The van der Waals surface area contributed by atoms with Crippen LogP contribution in [0, 0.1) is 17.8 Å². The van der Waals surface area contributed by atoms with Gasteiger partial charge < -0.3 is 16.4 Å². The number of primary amides is 1. The maximum absolute atomic E-state index is 12.0. The standard InChI is InChI=1S/C22H21BrClN7O/c23-16-9-26-22(28-15-8-27-31(11-15)10-14-3-1-2-4-17(14)24)30-21(16)29-19-13-6-5-12(7-13)18(19)20(25)32/h1-6,8-9,11-13,18-19H,7,10H2,(H2,25,32)(H2,26,28,29,30)/t12-,13+,18+,19-/m1/s1. The van der Waals surface area contributed by atoms with Gasteiger partial charge in [-0.15, -0.1) is 0 Å². The molecule has 10 heteroatoms. The van der Waals surface area contributed by atoms with Crippen molar-refractivity contribution in [2.75, 3.05) is 10.6 Å². The Balaban J connectivity index is 1.31. The van der Waals surface area contributed by atoms with Crippen molar-refractivity contribution in [3.05, 3.63) is 70.1 Å². The van der Waals surface area contributed by atoms with Crippen LogP contribution in [0.1, 0.15) is 12.0 Å². The zero-order valence-electron chi connectivity index (χ0n) is 17.0. The molecule has 0 unspecified atom stereocenters. The molecule has 5 rings (SSSR count). The normalized spacial score (nSPS) is 23.4. The van der Waals surface area contributed by atoms with E-state index in [2.05, 4.69) is 53.8 Å². The number of nitrogens with zero attached hydrogens (tertiary/aromatic N) is 4. The molecular formula is C22H21BrClN7O. The molecule has 2 aromatic heterocycles. The van der Waals surface area contributed by atoms with E-state index in [0.717, 1.165) is 17.7 Å². The lowest BCUT2D eigenvalue weighted by Crippen LogP contribution is -2.41. The fourth-order valence-electron chi connectivity index (χ4n) is 4.54. The van der Waals surface area contributed by atoms with Crippen LogP contribution in [-0.4, -0.2) is 31.7 Å². The van der Waals surface area contributed by atoms with E-state index in [-0.39, 0.29) is 29.7 Å². The molecule has 2 aliphatic carbocycles. The third kappa shape index (κ3) is 4.10. The van der Waals surface area contributed by atoms with Crippen LogP contribution in [0.3, 0.4) is 0 Å². The number of hydrogen-bond donors (Lipinski definition) is 3. The molecule has 4 N–H and O–H groups in total. The second-order valence-corrected chi connectivity index (χ2v) is 9.34. The van der Waals surface area contributed by atoms with Crippen molar-refractivity contribution in [1.29, 1.82) is 0 Å². The number of hydrogen-bond acceptors (Lipinski definition) is 6. The van der Waals surface area contributed by atoms with Crippen molar-refractivity contribution < 1.29 is 4.79 Å². The summed E-state index contributed by atoms with van der Waals surface area (Å²) in [5.41, 5.74) is 7.42. The molecule has 0 saturated heterocycles. The maximum atomic E-state index is 12.0. The van der Waals surface area contributed by atoms with Crippen LogP contribution < -0.4 is 16.4 Å². The summed E-state index contributed by atoms with van der Waals surface area (Å²) in [5.74, 6) is 0.960. The van der Waals surface area contributed by atoms with Crippen LogP contribution in [0.2, 0.25) is 5.02 Å². The van der Waals surface area contributed by atoms with Gasteiger partial charge in [-0.1, -0.05) is 42.0 Å². The van der Waals surface area contributed by atoms with Crippen LogP contribution in [-0.2, 0) is 11.3 Å². The number of carbonyl (C=O) groups is 1. The summed E-state index contributed by atoms with van der Waals surface area (Å²) in [6, 6.07) is 7.59. The van der Waals surface area contributed by atoms with Crippen molar-refractivity contribution in [1.82, 2.24) is 19.7 Å². The lowest BCUT2D eigenvalue weighted by molar-refractivity contribution is -0.122. The molecule has 1 saturated carbocycles. The Morgan fingerprint density at radius 1 is 1.25 bits per heavy atom. The van der Waals surface area contributed by atoms with E-state index in [1.807, 2.05) is 30.5 Å². The van der Waals surface area contributed by atoms with E-state index in [0.29, 0.717) is 27.8 Å². The Hall–Kier alpha value is -2.91. The van der Waals surface area contributed by atoms with Gasteiger partial charge in [0.2, 0.25) is 11.9 Å². The van der Waals surface area contributed by atoms with Gasteiger partial charge in [-0.2, -0.15) is 10.1 Å². The molecule has 3 aromatic rings. The first-order valence-corrected chi connectivity index (χ1v) is 11.4. The number of aromatic nitrogens is 4. The zero-order valence-corrected chi connectivity index (χ0v) is 19.3. The quantitative estimate of drug-likeness (QED) is 0.412. The lowest BCUT2D eigenvalue weighted by atomic mass is 9.88. The summed E-state index contributed by atoms with van der Waals surface area (Å²) in [7, 11) is 0. The van der Waals surface area contributed by atoms with Crippen molar-refractivity contribution in [2.45, 2.75) is 19.0 Å². The third-order valence-corrected chi connectivity index (χ3v) is 6.96. The van der Waals surface area contributed by atoms with Crippen LogP contribution >= 0.6 is 27.5 Å². The predicted octanol–water partition coefficient (Wildman–Crippen LogP) is 3.97. The molecule has 2 aliphatic rings. The van der Waals surface area contributed by atoms with Gasteiger partial charge in [0.05, 0.1) is 28.8 Å². The molecule has 1 aromatic carbocycles. The molecule has 8 nitrogen and oxygen atoms in total. The minimum Gasteiger partial charge on any atom is -0.369 e. The number of carbonyl (C=O) groups excluding carboxylic acids is 1. The zero-order chi connectivity index (χ0) is 22.2. The summed E-state index contributed by atoms with van der Waals surface area (Å²) in [5, 5.41) is 11.7. The van der Waals surface area contributed by atoms with Gasteiger partial charge >= 0.3 is 0 Å². The second kappa shape index (κ2) is 8.55. The molecule has 1 amide bonds. The lowest BCUT2D eigenvalue weighted by Gasteiger charge is -2.27. The fraction of sp³-hybridized carbons (Fsp3) is 0.273.